The average molecular weight is 406 g/mol. The summed E-state index contributed by atoms with van der Waals surface area (Å²) in [5.74, 6) is 1.81. The van der Waals surface area contributed by atoms with E-state index in [0.29, 0.717) is 6.17 Å². The quantitative estimate of drug-likeness (QED) is 0.628. The maximum atomic E-state index is 5.32. The summed E-state index contributed by atoms with van der Waals surface area (Å²) in [7, 11) is 3.42. The number of benzene rings is 2. The van der Waals surface area contributed by atoms with Crippen LogP contribution in [0, 0.1) is 0 Å². The van der Waals surface area contributed by atoms with Gasteiger partial charge in [-0.2, -0.15) is 0 Å². The van der Waals surface area contributed by atoms with E-state index in [9.17, 15) is 0 Å². The highest BCUT2D eigenvalue weighted by atomic mass is 16.5. The first-order valence-electron chi connectivity index (χ1n) is 10.6. The highest BCUT2D eigenvalue weighted by Gasteiger charge is 2.37. The molecule has 2 heterocycles. The zero-order chi connectivity index (χ0) is 20.8. The fourth-order valence-electron chi connectivity index (χ4n) is 4.53. The lowest BCUT2D eigenvalue weighted by Gasteiger charge is -2.38. The molecule has 0 radical (unpaired) electrons. The van der Waals surface area contributed by atoms with E-state index in [-0.39, 0.29) is 0 Å². The number of aromatic nitrogens is 1. The molecule has 1 aliphatic rings. The molecule has 4 rings (SSSR count). The Morgan fingerprint density at radius 2 is 1.33 bits per heavy atom. The van der Waals surface area contributed by atoms with Gasteiger partial charge in [0, 0.05) is 29.9 Å². The molecule has 2 atom stereocenters. The lowest BCUT2D eigenvalue weighted by Crippen LogP contribution is -3.32. The van der Waals surface area contributed by atoms with E-state index in [4.69, 9.17) is 9.47 Å². The predicted octanol–water partition coefficient (Wildman–Crippen LogP) is 1.67. The van der Waals surface area contributed by atoms with Crippen molar-refractivity contribution in [1.29, 1.82) is 0 Å². The van der Waals surface area contributed by atoms with E-state index in [2.05, 4.69) is 65.6 Å². The summed E-state index contributed by atoms with van der Waals surface area (Å²) in [5, 5.41) is 0. The molecule has 0 bridgehead atoms. The van der Waals surface area contributed by atoms with Crippen molar-refractivity contribution in [2.75, 3.05) is 27.3 Å². The number of pyridine rings is 1. The van der Waals surface area contributed by atoms with Crippen LogP contribution in [0.2, 0.25) is 0 Å². The molecule has 2 aromatic carbocycles. The molecule has 2 N–H and O–H groups in total. The second-order valence-corrected chi connectivity index (χ2v) is 7.94. The smallest absolute Gasteiger partial charge is 0.242 e. The van der Waals surface area contributed by atoms with Gasteiger partial charge in [-0.05, 0) is 60.7 Å². The van der Waals surface area contributed by atoms with Crippen LogP contribution in [0.4, 0.5) is 0 Å². The normalized spacial score (nSPS) is 21.2. The van der Waals surface area contributed by atoms with Gasteiger partial charge < -0.3 is 9.47 Å². The first-order valence-corrected chi connectivity index (χ1v) is 10.6. The summed E-state index contributed by atoms with van der Waals surface area (Å²) < 4.78 is 10.6. The summed E-state index contributed by atoms with van der Waals surface area (Å²) in [4.78, 5) is 7.60. The highest BCUT2D eigenvalue weighted by molar-refractivity contribution is 5.27. The molecule has 5 heteroatoms. The van der Waals surface area contributed by atoms with E-state index in [0.717, 1.165) is 37.7 Å². The molecule has 0 amide bonds. The minimum atomic E-state index is 0.358. The largest absolute Gasteiger partial charge is 0.497 e. The van der Waals surface area contributed by atoms with Crippen LogP contribution in [0.5, 0.6) is 11.5 Å². The number of quaternary nitrogens is 2. The third-order valence-electron chi connectivity index (χ3n) is 6.01. The molecule has 0 aliphatic carbocycles. The molecule has 1 fully saturated rings. The topological polar surface area (TPSA) is 40.2 Å². The van der Waals surface area contributed by atoms with Gasteiger partial charge in [0.25, 0.3) is 0 Å². The summed E-state index contributed by atoms with van der Waals surface area (Å²) >= 11 is 0. The molecule has 0 saturated carbocycles. The van der Waals surface area contributed by atoms with Crippen molar-refractivity contribution in [1.82, 2.24) is 4.98 Å². The lowest BCUT2D eigenvalue weighted by atomic mass is 10.1. The Bertz CT molecular complexity index is 856. The Morgan fingerprint density at radius 3 is 1.77 bits per heavy atom. The minimum Gasteiger partial charge on any atom is -0.497 e. The maximum Gasteiger partial charge on any atom is 0.242 e. The molecule has 30 heavy (non-hydrogen) atoms. The van der Waals surface area contributed by atoms with Crippen molar-refractivity contribution in [3.63, 3.8) is 0 Å². The van der Waals surface area contributed by atoms with Crippen molar-refractivity contribution in [3.05, 3.63) is 89.7 Å². The molecule has 2 unspecified atom stereocenters. The maximum absolute atomic E-state index is 5.32. The third kappa shape index (κ3) is 4.81. The highest BCUT2D eigenvalue weighted by Crippen LogP contribution is 2.13. The molecule has 1 aliphatic heterocycles. The molecule has 1 saturated heterocycles. The van der Waals surface area contributed by atoms with Crippen LogP contribution in [0.1, 0.15) is 29.3 Å². The summed E-state index contributed by atoms with van der Waals surface area (Å²) in [6, 6.07) is 21.2. The van der Waals surface area contributed by atoms with E-state index >= 15 is 0 Å². The number of methoxy groups -OCH3 is 2. The van der Waals surface area contributed by atoms with Gasteiger partial charge in [-0.3, -0.25) is 14.8 Å². The Morgan fingerprint density at radius 1 is 0.800 bits per heavy atom. The standard InChI is InChI=1S/C25H29N3O2/c1-29-23-10-6-20(7-11-23)18-27-15-4-16-28(25(27)22-5-3-14-26-17-22)19-21-8-12-24(30-2)13-9-21/h3,5-14,17,25H,4,15-16,18-19H2,1-2H3/p+2. The first kappa shape index (κ1) is 20.4. The molecular weight excluding hydrogens is 374 g/mol. The summed E-state index contributed by atoms with van der Waals surface area (Å²) in [5.41, 5.74) is 3.99. The third-order valence-corrected chi connectivity index (χ3v) is 6.01. The molecular formula is C25H31N3O2+2. The Kier molecular flexibility index (Phi) is 6.62. The van der Waals surface area contributed by atoms with E-state index in [1.807, 2.05) is 12.4 Å². The minimum absolute atomic E-state index is 0.358. The Hall–Kier alpha value is -2.89. The first-order chi connectivity index (χ1) is 14.8. The van der Waals surface area contributed by atoms with Crippen LogP contribution in [0.15, 0.2) is 73.1 Å². The van der Waals surface area contributed by atoms with Crippen LogP contribution in [0.3, 0.4) is 0 Å². The van der Waals surface area contributed by atoms with Crippen LogP contribution in [0.25, 0.3) is 0 Å². The molecule has 3 aromatic rings. The van der Waals surface area contributed by atoms with Crippen molar-refractivity contribution in [2.24, 2.45) is 0 Å². The zero-order valence-corrected chi connectivity index (χ0v) is 17.8. The van der Waals surface area contributed by atoms with Crippen LogP contribution < -0.4 is 19.3 Å². The van der Waals surface area contributed by atoms with E-state index < -0.39 is 0 Å². The predicted molar refractivity (Wildman–Crippen MR) is 117 cm³/mol. The number of nitrogens with one attached hydrogen (secondary N) is 2. The fraction of sp³-hybridized carbons (Fsp3) is 0.320. The van der Waals surface area contributed by atoms with E-state index in [1.165, 1.54) is 23.1 Å². The van der Waals surface area contributed by atoms with Crippen molar-refractivity contribution in [2.45, 2.75) is 25.7 Å². The fourth-order valence-corrected chi connectivity index (χ4v) is 4.53. The number of ether oxygens (including phenoxy) is 2. The van der Waals surface area contributed by atoms with Crippen LogP contribution >= 0.6 is 0 Å². The van der Waals surface area contributed by atoms with Crippen molar-refractivity contribution in [3.8, 4) is 11.5 Å². The summed E-state index contributed by atoms with van der Waals surface area (Å²) in [6.07, 6.45) is 5.47. The summed E-state index contributed by atoms with van der Waals surface area (Å²) in [6.45, 7) is 4.32. The monoisotopic (exact) mass is 405 g/mol. The molecule has 0 spiro atoms. The zero-order valence-electron chi connectivity index (χ0n) is 17.8. The molecule has 5 nitrogen and oxygen atoms in total. The van der Waals surface area contributed by atoms with Gasteiger partial charge in [-0.15, -0.1) is 0 Å². The SMILES string of the molecule is COc1ccc(C[NH+]2CCC[NH+](Cc3ccc(OC)cc3)C2c2cccnc2)cc1. The molecule has 156 valence electrons. The van der Waals surface area contributed by atoms with Crippen LogP contribution in [-0.2, 0) is 13.1 Å². The molecule has 1 aromatic heterocycles. The number of nitrogens with zero attached hydrogens (tertiary/aromatic N) is 1. The average Bonchev–Trinajstić information content (AvgIpc) is 2.81. The second-order valence-electron chi connectivity index (χ2n) is 7.94. The van der Waals surface area contributed by atoms with Gasteiger partial charge in [0.15, 0.2) is 0 Å². The second kappa shape index (κ2) is 9.74. The van der Waals surface area contributed by atoms with Gasteiger partial charge in [-0.1, -0.05) is 0 Å². The van der Waals surface area contributed by atoms with Gasteiger partial charge in [0.05, 0.1) is 32.9 Å². The van der Waals surface area contributed by atoms with Crippen molar-refractivity contribution < 1.29 is 19.3 Å². The van der Waals surface area contributed by atoms with Gasteiger partial charge in [0.1, 0.15) is 24.6 Å². The van der Waals surface area contributed by atoms with Gasteiger partial charge in [0.2, 0.25) is 6.17 Å². The van der Waals surface area contributed by atoms with Gasteiger partial charge in [-0.25, -0.2) is 0 Å². The number of hydrogen-bond acceptors (Lipinski definition) is 3. The van der Waals surface area contributed by atoms with Crippen LogP contribution in [-0.4, -0.2) is 32.3 Å². The van der Waals surface area contributed by atoms with Gasteiger partial charge >= 0.3 is 0 Å². The number of rotatable bonds is 7. The lowest BCUT2D eigenvalue weighted by molar-refractivity contribution is -1.16. The van der Waals surface area contributed by atoms with E-state index in [1.54, 1.807) is 24.0 Å². The Labute approximate surface area is 178 Å². The van der Waals surface area contributed by atoms with Crippen molar-refractivity contribution >= 4 is 0 Å². The Balaban J connectivity index is 1.58. The number of hydrogen-bond donors (Lipinski definition) is 2.